The molecule has 1 rings (SSSR count). The molecule has 1 nitrogen and oxygen atoms in total. The van der Waals surface area contributed by atoms with Gasteiger partial charge in [-0.3, -0.25) is 0 Å². The monoisotopic (exact) mass is 307 g/mol. The van der Waals surface area contributed by atoms with E-state index >= 15 is 0 Å². The molecule has 0 saturated carbocycles. The van der Waals surface area contributed by atoms with Gasteiger partial charge in [0.2, 0.25) is 0 Å². The van der Waals surface area contributed by atoms with Crippen molar-refractivity contribution < 1.29 is 64.3 Å². The molecule has 0 aliphatic heterocycles. The van der Waals surface area contributed by atoms with E-state index in [4.69, 9.17) is 11.6 Å². The van der Waals surface area contributed by atoms with Crippen LogP contribution >= 0.6 is 22.9 Å². The van der Waals surface area contributed by atoms with Gasteiger partial charge in [0.1, 0.15) is 0 Å². The molecule has 17 heavy (non-hydrogen) atoms. The molecular formula is C9H11BClF3KNS. The third-order valence-corrected chi connectivity index (χ3v) is 3.21. The van der Waals surface area contributed by atoms with E-state index in [9.17, 15) is 12.9 Å². The smallest absolute Gasteiger partial charge is 0.445 e. The Morgan fingerprint density at radius 3 is 2.47 bits per heavy atom. The second-order valence-electron chi connectivity index (χ2n) is 3.61. The van der Waals surface area contributed by atoms with Crippen molar-refractivity contribution >= 4 is 29.9 Å². The molecule has 0 atom stereocenters. The van der Waals surface area contributed by atoms with Crippen LogP contribution in [0.15, 0.2) is 24.2 Å². The molecule has 0 saturated heterocycles. The Kier molecular flexibility index (Phi) is 8.23. The van der Waals surface area contributed by atoms with Gasteiger partial charge in [0.05, 0.1) is 4.34 Å². The van der Waals surface area contributed by atoms with Crippen LogP contribution in [-0.2, 0) is 6.54 Å². The van der Waals surface area contributed by atoms with Crippen LogP contribution in [0.2, 0.25) is 4.34 Å². The van der Waals surface area contributed by atoms with E-state index in [2.05, 4.69) is 6.58 Å². The number of nitrogens with zero attached hydrogens (tertiary/aromatic N) is 1. The Morgan fingerprint density at radius 1 is 1.47 bits per heavy atom. The molecule has 0 spiro atoms. The molecule has 0 aromatic carbocycles. The van der Waals surface area contributed by atoms with Crippen molar-refractivity contribution in [2.75, 3.05) is 13.6 Å². The van der Waals surface area contributed by atoms with E-state index in [0.29, 0.717) is 10.9 Å². The predicted octanol–water partition coefficient (Wildman–Crippen LogP) is 0.780. The normalized spacial score (nSPS) is 11.4. The van der Waals surface area contributed by atoms with Crippen LogP contribution in [0.3, 0.4) is 0 Å². The fourth-order valence-corrected chi connectivity index (χ4v) is 2.38. The summed E-state index contributed by atoms with van der Waals surface area (Å²) in [6.07, 6.45) is 0. The topological polar surface area (TPSA) is 3.24 Å². The van der Waals surface area contributed by atoms with Gasteiger partial charge in [-0.2, -0.15) is 0 Å². The van der Waals surface area contributed by atoms with Crippen molar-refractivity contribution in [1.82, 2.24) is 4.90 Å². The number of hydrogen-bond acceptors (Lipinski definition) is 2. The van der Waals surface area contributed by atoms with E-state index < -0.39 is 12.4 Å². The second kappa shape index (κ2) is 7.69. The Hall–Kier alpha value is 1.18. The minimum absolute atomic E-state index is 0. The fraction of sp³-hybridized carbons (Fsp3) is 0.333. The number of halogens is 4. The summed E-state index contributed by atoms with van der Waals surface area (Å²) in [6.45, 7) is -1.61. The van der Waals surface area contributed by atoms with Crippen LogP contribution in [0, 0.1) is 0 Å². The first-order valence-electron chi connectivity index (χ1n) is 4.59. The SMILES string of the molecule is C=C(CN(C)Cc1ccc(Cl)s1)[B-](F)(F)F.[K+]. The summed E-state index contributed by atoms with van der Waals surface area (Å²) < 4.78 is 37.5. The van der Waals surface area contributed by atoms with Crippen LogP contribution in [0.5, 0.6) is 0 Å². The minimum Gasteiger partial charge on any atom is -0.445 e. The quantitative estimate of drug-likeness (QED) is 0.727. The first kappa shape index (κ1) is 18.2. The van der Waals surface area contributed by atoms with Crippen molar-refractivity contribution in [3.63, 3.8) is 0 Å². The molecule has 0 bridgehead atoms. The van der Waals surface area contributed by atoms with E-state index in [1.165, 1.54) is 11.3 Å². The van der Waals surface area contributed by atoms with Gasteiger partial charge in [0, 0.05) is 11.4 Å². The zero-order valence-corrected chi connectivity index (χ0v) is 14.4. The van der Waals surface area contributed by atoms with Gasteiger partial charge in [0.25, 0.3) is 0 Å². The van der Waals surface area contributed by atoms with Crippen LogP contribution < -0.4 is 51.4 Å². The van der Waals surface area contributed by atoms with Gasteiger partial charge >= 0.3 is 58.4 Å². The third kappa shape index (κ3) is 6.77. The molecule has 0 aliphatic carbocycles. The standard InChI is InChI=1S/C9H11BClF3NS.K/c1-7(10(12,13)14)5-15(2)6-8-3-4-9(11)16-8;/h3-4H,1,5-6H2,2H3;/q-1;+1. The minimum atomic E-state index is -4.94. The fourth-order valence-electron chi connectivity index (χ4n) is 1.21. The number of likely N-dealkylation sites (N-methyl/N-ethyl adjacent to an activating group) is 1. The molecule has 0 aliphatic rings. The van der Waals surface area contributed by atoms with Gasteiger partial charge in [0.15, 0.2) is 0 Å². The summed E-state index contributed by atoms with van der Waals surface area (Å²) in [4.78, 5) is 2.51. The van der Waals surface area contributed by atoms with Crippen LogP contribution in [0.4, 0.5) is 12.9 Å². The summed E-state index contributed by atoms with van der Waals surface area (Å²) in [5.41, 5.74) is -0.676. The number of hydrogen-bond donors (Lipinski definition) is 0. The van der Waals surface area contributed by atoms with Crippen molar-refractivity contribution in [3.8, 4) is 0 Å². The van der Waals surface area contributed by atoms with Crippen molar-refractivity contribution in [1.29, 1.82) is 0 Å². The summed E-state index contributed by atoms with van der Waals surface area (Å²) in [7, 11) is 1.63. The molecule has 1 heterocycles. The molecule has 90 valence electrons. The van der Waals surface area contributed by atoms with Crippen molar-refractivity contribution in [2.24, 2.45) is 0 Å². The van der Waals surface area contributed by atoms with Gasteiger partial charge in [-0.25, -0.2) is 0 Å². The number of rotatable bonds is 5. The average molecular weight is 308 g/mol. The van der Waals surface area contributed by atoms with Crippen LogP contribution in [0.1, 0.15) is 4.88 Å². The van der Waals surface area contributed by atoms with Gasteiger partial charge in [-0.1, -0.05) is 11.6 Å². The molecule has 1 aromatic heterocycles. The average Bonchev–Trinajstić information content (AvgIpc) is 2.49. The summed E-state index contributed by atoms with van der Waals surface area (Å²) >= 11 is 7.10. The Balaban J connectivity index is 0.00000256. The molecular weight excluding hydrogens is 297 g/mol. The van der Waals surface area contributed by atoms with Gasteiger partial charge < -0.3 is 17.8 Å². The van der Waals surface area contributed by atoms with E-state index in [0.717, 1.165) is 4.88 Å². The molecule has 1 aromatic rings. The van der Waals surface area contributed by atoms with Crippen LogP contribution in [-0.4, -0.2) is 25.5 Å². The molecule has 0 radical (unpaired) electrons. The summed E-state index contributed by atoms with van der Waals surface area (Å²) in [6, 6.07) is 3.54. The van der Waals surface area contributed by atoms with Crippen LogP contribution in [0.25, 0.3) is 0 Å². The van der Waals surface area contributed by atoms with Gasteiger partial charge in [-0.05, 0) is 25.7 Å². The van der Waals surface area contributed by atoms with E-state index in [1.807, 2.05) is 6.07 Å². The maximum Gasteiger partial charge on any atom is 1.00 e. The third-order valence-electron chi connectivity index (χ3n) is 1.99. The first-order chi connectivity index (χ1) is 7.29. The first-order valence-corrected chi connectivity index (χ1v) is 5.79. The summed E-state index contributed by atoms with van der Waals surface area (Å²) in [5, 5.41) is 0. The Morgan fingerprint density at radius 2 is 2.06 bits per heavy atom. The zero-order valence-electron chi connectivity index (χ0n) is 9.72. The predicted molar refractivity (Wildman–Crippen MR) is 63.9 cm³/mol. The largest absolute Gasteiger partial charge is 1.00 e. The maximum atomic E-state index is 12.3. The number of thiophene rings is 1. The van der Waals surface area contributed by atoms with E-state index in [1.54, 1.807) is 18.0 Å². The molecule has 0 N–H and O–H groups in total. The maximum absolute atomic E-state index is 12.3. The Bertz CT molecular complexity index is 383. The molecule has 0 unspecified atom stereocenters. The molecule has 8 heteroatoms. The molecule has 0 fully saturated rings. The van der Waals surface area contributed by atoms with Crippen molar-refractivity contribution in [3.05, 3.63) is 33.4 Å². The van der Waals surface area contributed by atoms with Gasteiger partial charge in [-0.15, -0.1) is 23.4 Å². The van der Waals surface area contributed by atoms with Crippen molar-refractivity contribution in [2.45, 2.75) is 6.54 Å². The van der Waals surface area contributed by atoms with E-state index in [-0.39, 0.29) is 57.9 Å². The zero-order chi connectivity index (χ0) is 12.3. The summed E-state index contributed by atoms with van der Waals surface area (Å²) in [5.74, 6) is 0. The molecule has 0 amide bonds. The Labute approximate surface area is 150 Å². The second-order valence-corrected chi connectivity index (χ2v) is 5.41.